The molecule has 0 fully saturated rings. The molecule has 0 bridgehead atoms. The number of hydrazine groups is 1. The quantitative estimate of drug-likeness (QED) is 0.280. The minimum absolute atomic E-state index is 0.0912. The number of hydrogen-bond donors (Lipinski definition) is 2. The second kappa shape index (κ2) is 8.39. The maximum atomic E-state index is 12.8. The number of carbonyl (C=O) groups is 2. The van der Waals surface area contributed by atoms with E-state index in [9.17, 15) is 19.7 Å². The van der Waals surface area contributed by atoms with E-state index < -0.39 is 10.8 Å². The summed E-state index contributed by atoms with van der Waals surface area (Å²) in [6, 6.07) is 12.9. The molecule has 2 amide bonds. The molecule has 0 spiro atoms. The Morgan fingerprint density at radius 2 is 1.79 bits per heavy atom. The summed E-state index contributed by atoms with van der Waals surface area (Å²) in [5, 5.41) is 16.7. The van der Waals surface area contributed by atoms with Gasteiger partial charge in [0.25, 0.3) is 17.5 Å². The minimum Gasteiger partial charge on any atom is -0.302 e. The largest absolute Gasteiger partial charge is 0.302 e. The van der Waals surface area contributed by atoms with Crippen LogP contribution in [-0.4, -0.2) is 22.4 Å². The van der Waals surface area contributed by atoms with Gasteiger partial charge in [0.1, 0.15) is 5.56 Å². The molecule has 148 valence electrons. The summed E-state index contributed by atoms with van der Waals surface area (Å²) in [6.07, 6.45) is 0. The van der Waals surface area contributed by atoms with Gasteiger partial charge in [-0.05, 0) is 66.8 Å². The highest BCUT2D eigenvalue weighted by Gasteiger charge is 2.31. The van der Waals surface area contributed by atoms with Gasteiger partial charge in [-0.2, -0.15) is 10.1 Å². The predicted octanol–water partition coefficient (Wildman–Crippen LogP) is 3.13. The molecule has 0 atom stereocenters. The Balaban J connectivity index is 1.78. The summed E-state index contributed by atoms with van der Waals surface area (Å²) in [7, 11) is 0. The second-order valence-corrected chi connectivity index (χ2v) is 7.38. The highest BCUT2D eigenvalue weighted by molar-refractivity contribution is 14.1. The van der Waals surface area contributed by atoms with Crippen LogP contribution in [0.15, 0.2) is 64.9 Å². The molecule has 2 N–H and O–H groups in total. The van der Waals surface area contributed by atoms with E-state index in [1.54, 1.807) is 26.0 Å². The lowest BCUT2D eigenvalue weighted by atomic mass is 10.1. The van der Waals surface area contributed by atoms with Crippen LogP contribution in [0.1, 0.15) is 24.2 Å². The molecule has 3 rings (SSSR count). The molecule has 1 heterocycles. The predicted molar refractivity (Wildman–Crippen MR) is 116 cm³/mol. The fourth-order valence-corrected chi connectivity index (χ4v) is 3.16. The monoisotopic (exact) mass is 505 g/mol. The average molecular weight is 505 g/mol. The number of hydrogen-bond acceptors (Lipinski definition) is 6. The molecule has 0 saturated heterocycles. The number of nitro groups is 1. The highest BCUT2D eigenvalue weighted by atomic mass is 127. The highest BCUT2D eigenvalue weighted by Crippen LogP contribution is 2.25. The van der Waals surface area contributed by atoms with Crippen LogP contribution in [-0.2, 0) is 4.79 Å². The number of allylic oxidation sites excluding steroid dienone is 1. The van der Waals surface area contributed by atoms with E-state index >= 15 is 0 Å². The van der Waals surface area contributed by atoms with E-state index in [1.165, 1.54) is 29.3 Å². The summed E-state index contributed by atoms with van der Waals surface area (Å²) in [4.78, 5) is 35.6. The fraction of sp³-hybridized carbons (Fsp3) is 0.105. The van der Waals surface area contributed by atoms with Crippen molar-refractivity contribution in [1.29, 1.82) is 0 Å². The van der Waals surface area contributed by atoms with Crippen molar-refractivity contribution in [2.24, 2.45) is 5.10 Å². The van der Waals surface area contributed by atoms with Crippen molar-refractivity contribution in [1.82, 2.24) is 10.9 Å². The molecule has 29 heavy (non-hydrogen) atoms. The first-order valence-corrected chi connectivity index (χ1v) is 9.53. The van der Waals surface area contributed by atoms with E-state index in [0.717, 1.165) is 3.57 Å². The lowest BCUT2D eigenvalue weighted by molar-refractivity contribution is -0.385. The number of para-hydroxylation sites is 1. The van der Waals surface area contributed by atoms with Crippen LogP contribution in [0.3, 0.4) is 0 Å². The van der Waals surface area contributed by atoms with Gasteiger partial charge in [0.15, 0.2) is 0 Å². The van der Waals surface area contributed by atoms with Gasteiger partial charge < -0.3 is 5.43 Å². The standard InChI is InChI=1S/C19H16IN5O4/c1-11(21-22-18(26)15-5-3-4-6-16(15)25(28)29)17-12(2)23-24(19(17)27)14-9-7-13(20)8-10-14/h3-10,21H,1-2H3,(H,22,26)/b17-11-. The van der Waals surface area contributed by atoms with Crippen LogP contribution < -0.4 is 15.9 Å². The Labute approximate surface area is 179 Å². The van der Waals surface area contributed by atoms with E-state index in [2.05, 4.69) is 38.5 Å². The van der Waals surface area contributed by atoms with Crippen molar-refractivity contribution in [3.8, 4) is 0 Å². The molecule has 0 saturated carbocycles. The smallest absolute Gasteiger partial charge is 0.282 e. The third-order valence-corrected chi connectivity index (χ3v) is 4.89. The van der Waals surface area contributed by atoms with Crippen molar-refractivity contribution >= 4 is 51.5 Å². The number of amides is 2. The normalized spacial score (nSPS) is 15.1. The van der Waals surface area contributed by atoms with E-state index in [-0.39, 0.29) is 17.2 Å². The SMILES string of the molecule is CC1=NN(c2ccc(I)cc2)C(=O)/C1=C(/C)NNC(=O)c1ccccc1[N+](=O)[O-]. The van der Waals surface area contributed by atoms with Gasteiger partial charge in [0, 0.05) is 15.3 Å². The molecule has 2 aromatic carbocycles. The van der Waals surface area contributed by atoms with Crippen LogP contribution in [0, 0.1) is 13.7 Å². The third kappa shape index (κ3) is 4.26. The number of halogens is 1. The number of nitro benzene ring substituents is 1. The topological polar surface area (TPSA) is 117 Å². The molecule has 0 aromatic heterocycles. The Bertz CT molecular complexity index is 1060. The van der Waals surface area contributed by atoms with Crippen LogP contribution in [0.2, 0.25) is 0 Å². The van der Waals surface area contributed by atoms with Gasteiger partial charge in [-0.1, -0.05) is 12.1 Å². The van der Waals surface area contributed by atoms with Gasteiger partial charge in [0.2, 0.25) is 0 Å². The average Bonchev–Trinajstić information content (AvgIpc) is 3.00. The number of nitrogens with one attached hydrogen (secondary N) is 2. The molecular formula is C19H16IN5O4. The maximum absolute atomic E-state index is 12.8. The second-order valence-electron chi connectivity index (χ2n) is 6.13. The Hall–Kier alpha value is -3.28. The van der Waals surface area contributed by atoms with Crippen LogP contribution >= 0.6 is 22.6 Å². The molecule has 2 aromatic rings. The van der Waals surface area contributed by atoms with E-state index in [0.29, 0.717) is 22.7 Å². The lowest BCUT2D eigenvalue weighted by Gasteiger charge is -2.14. The molecule has 0 unspecified atom stereocenters. The zero-order valence-corrected chi connectivity index (χ0v) is 17.6. The van der Waals surface area contributed by atoms with Crippen molar-refractivity contribution in [3.63, 3.8) is 0 Å². The summed E-state index contributed by atoms with van der Waals surface area (Å²) in [5.41, 5.74) is 6.45. The fourth-order valence-electron chi connectivity index (χ4n) is 2.80. The zero-order chi connectivity index (χ0) is 21.1. The molecule has 1 aliphatic rings. The van der Waals surface area contributed by atoms with Gasteiger partial charge in [-0.15, -0.1) is 0 Å². The number of nitrogens with zero attached hydrogens (tertiary/aromatic N) is 3. The Kier molecular flexibility index (Phi) is 5.92. The van der Waals surface area contributed by atoms with Gasteiger partial charge >= 0.3 is 0 Å². The number of hydrazone groups is 1. The maximum Gasteiger partial charge on any atom is 0.282 e. The van der Waals surface area contributed by atoms with Crippen LogP contribution in [0.25, 0.3) is 0 Å². The van der Waals surface area contributed by atoms with Crippen molar-refractivity contribution in [2.45, 2.75) is 13.8 Å². The molecule has 10 heteroatoms. The first-order chi connectivity index (χ1) is 13.8. The summed E-state index contributed by atoms with van der Waals surface area (Å²) < 4.78 is 1.03. The lowest BCUT2D eigenvalue weighted by Crippen LogP contribution is -2.38. The number of rotatable bonds is 5. The first kappa shape index (κ1) is 20.5. The van der Waals surface area contributed by atoms with Gasteiger partial charge in [-0.25, -0.2) is 0 Å². The van der Waals surface area contributed by atoms with Crippen LogP contribution in [0.5, 0.6) is 0 Å². The summed E-state index contributed by atoms with van der Waals surface area (Å²) >= 11 is 2.17. The Morgan fingerprint density at radius 1 is 1.14 bits per heavy atom. The summed E-state index contributed by atoms with van der Waals surface area (Å²) in [6.45, 7) is 3.30. The molecular weight excluding hydrogens is 489 g/mol. The Morgan fingerprint density at radius 3 is 2.45 bits per heavy atom. The van der Waals surface area contributed by atoms with E-state index in [1.807, 2.05) is 12.1 Å². The van der Waals surface area contributed by atoms with Crippen molar-refractivity contribution in [2.75, 3.05) is 5.01 Å². The number of benzene rings is 2. The van der Waals surface area contributed by atoms with Crippen molar-refractivity contribution in [3.05, 3.63) is 79.0 Å². The zero-order valence-electron chi connectivity index (χ0n) is 15.5. The number of anilines is 1. The van der Waals surface area contributed by atoms with Gasteiger partial charge in [-0.3, -0.25) is 25.1 Å². The van der Waals surface area contributed by atoms with Gasteiger partial charge in [0.05, 0.1) is 21.9 Å². The number of carbonyl (C=O) groups excluding carboxylic acids is 2. The molecule has 1 aliphatic heterocycles. The first-order valence-electron chi connectivity index (χ1n) is 8.46. The van der Waals surface area contributed by atoms with Crippen LogP contribution in [0.4, 0.5) is 11.4 Å². The molecule has 0 radical (unpaired) electrons. The minimum atomic E-state index is -0.688. The third-order valence-electron chi connectivity index (χ3n) is 4.17. The molecule has 0 aliphatic carbocycles. The van der Waals surface area contributed by atoms with Crippen molar-refractivity contribution < 1.29 is 14.5 Å². The van der Waals surface area contributed by atoms with E-state index in [4.69, 9.17) is 0 Å². The summed E-state index contributed by atoms with van der Waals surface area (Å²) in [5.74, 6) is -1.03. The molecule has 9 nitrogen and oxygen atoms in total.